The molecule has 0 aliphatic rings. The molecule has 0 bridgehead atoms. The van der Waals surface area contributed by atoms with E-state index in [1.54, 1.807) is 24.3 Å². The molecular formula is C17H15N3O2. The van der Waals surface area contributed by atoms with Crippen LogP contribution in [0.1, 0.15) is 16.2 Å². The van der Waals surface area contributed by atoms with Crippen molar-refractivity contribution in [3.63, 3.8) is 0 Å². The highest BCUT2D eigenvalue weighted by molar-refractivity contribution is 6.13. The number of anilines is 2. The van der Waals surface area contributed by atoms with Crippen LogP contribution in [-0.2, 0) is 0 Å². The topological polar surface area (TPSA) is 88.2 Å². The summed E-state index contributed by atoms with van der Waals surface area (Å²) in [4.78, 5) is 16.8. The van der Waals surface area contributed by atoms with E-state index in [2.05, 4.69) is 10.3 Å². The molecule has 0 saturated heterocycles. The van der Waals surface area contributed by atoms with Crippen LogP contribution in [0, 0.1) is 6.92 Å². The molecule has 0 aliphatic heterocycles. The summed E-state index contributed by atoms with van der Waals surface area (Å²) < 4.78 is 0. The fourth-order valence-corrected chi connectivity index (χ4v) is 2.38. The van der Waals surface area contributed by atoms with E-state index >= 15 is 0 Å². The van der Waals surface area contributed by atoms with Crippen LogP contribution in [0.2, 0.25) is 0 Å². The lowest BCUT2D eigenvalue weighted by atomic mass is 10.1. The number of nitrogen functional groups attached to an aromatic ring is 1. The Hall–Kier alpha value is -3.08. The zero-order valence-corrected chi connectivity index (χ0v) is 12.0. The third-order valence-electron chi connectivity index (χ3n) is 3.36. The van der Waals surface area contributed by atoms with E-state index in [-0.39, 0.29) is 11.7 Å². The Labute approximate surface area is 127 Å². The number of amides is 1. The Morgan fingerprint density at radius 3 is 2.68 bits per heavy atom. The van der Waals surface area contributed by atoms with E-state index in [9.17, 15) is 9.90 Å². The van der Waals surface area contributed by atoms with Crippen molar-refractivity contribution in [1.29, 1.82) is 0 Å². The lowest BCUT2D eigenvalue weighted by Crippen LogP contribution is -2.15. The van der Waals surface area contributed by atoms with Crippen LogP contribution in [0.3, 0.4) is 0 Å². The van der Waals surface area contributed by atoms with E-state index in [0.29, 0.717) is 28.1 Å². The number of fused-ring (bicyclic) bond motifs is 1. The van der Waals surface area contributed by atoms with Crippen molar-refractivity contribution in [2.75, 3.05) is 11.1 Å². The predicted molar refractivity (Wildman–Crippen MR) is 87.0 cm³/mol. The minimum Gasteiger partial charge on any atom is -0.508 e. The van der Waals surface area contributed by atoms with Crippen molar-refractivity contribution < 1.29 is 9.90 Å². The second-order valence-electron chi connectivity index (χ2n) is 5.06. The zero-order valence-electron chi connectivity index (χ0n) is 12.0. The maximum Gasteiger partial charge on any atom is 0.274 e. The smallest absolute Gasteiger partial charge is 0.274 e. The molecule has 0 atom stereocenters. The second-order valence-corrected chi connectivity index (χ2v) is 5.06. The summed E-state index contributed by atoms with van der Waals surface area (Å²) >= 11 is 0. The number of hydrogen-bond donors (Lipinski definition) is 3. The largest absolute Gasteiger partial charge is 0.508 e. The van der Waals surface area contributed by atoms with Crippen molar-refractivity contribution in [2.45, 2.75) is 6.92 Å². The molecule has 0 fully saturated rings. The molecule has 3 aromatic rings. The van der Waals surface area contributed by atoms with Gasteiger partial charge in [0.25, 0.3) is 5.91 Å². The van der Waals surface area contributed by atoms with Crippen LogP contribution in [0.15, 0.2) is 48.5 Å². The molecule has 4 N–H and O–H groups in total. The van der Waals surface area contributed by atoms with Crippen LogP contribution >= 0.6 is 0 Å². The molecule has 0 saturated carbocycles. The van der Waals surface area contributed by atoms with Crippen LogP contribution in [0.5, 0.6) is 5.75 Å². The Morgan fingerprint density at radius 2 is 1.91 bits per heavy atom. The quantitative estimate of drug-likeness (QED) is 0.633. The minimum absolute atomic E-state index is 0.0871. The van der Waals surface area contributed by atoms with Gasteiger partial charge in [-0.1, -0.05) is 18.2 Å². The molecule has 110 valence electrons. The third-order valence-corrected chi connectivity index (χ3v) is 3.36. The monoisotopic (exact) mass is 293 g/mol. The van der Waals surface area contributed by atoms with Crippen molar-refractivity contribution in [3.8, 4) is 5.75 Å². The summed E-state index contributed by atoms with van der Waals surface area (Å²) in [6.07, 6.45) is 0. The zero-order chi connectivity index (χ0) is 15.7. The highest BCUT2D eigenvalue weighted by atomic mass is 16.3. The summed E-state index contributed by atoms with van der Waals surface area (Å²) in [5.74, 6) is -0.256. The first kappa shape index (κ1) is 13.9. The normalized spacial score (nSPS) is 10.6. The number of aromatic nitrogens is 1. The minimum atomic E-state index is -0.343. The number of aryl methyl sites for hydroxylation is 1. The Kier molecular flexibility index (Phi) is 3.39. The predicted octanol–water partition coefficient (Wildman–Crippen LogP) is 3.08. The average Bonchev–Trinajstić information content (AvgIpc) is 2.47. The SMILES string of the molecule is Cc1cc2c(N)cccc2c(C(=O)Nc2cccc(O)c2)n1. The number of nitrogens with one attached hydrogen (secondary N) is 1. The van der Waals surface area contributed by atoms with Gasteiger partial charge >= 0.3 is 0 Å². The second kappa shape index (κ2) is 5.37. The standard InChI is InChI=1S/C17H15N3O2/c1-10-8-14-13(6-3-7-15(14)18)16(19-10)17(22)20-11-4-2-5-12(21)9-11/h2-9,21H,18H2,1H3,(H,20,22). The van der Waals surface area contributed by atoms with Crippen LogP contribution < -0.4 is 11.1 Å². The molecule has 1 amide bonds. The van der Waals surface area contributed by atoms with Gasteiger partial charge in [-0.3, -0.25) is 4.79 Å². The van der Waals surface area contributed by atoms with E-state index in [0.717, 1.165) is 5.39 Å². The van der Waals surface area contributed by atoms with Crippen LogP contribution in [0.4, 0.5) is 11.4 Å². The number of rotatable bonds is 2. The highest BCUT2D eigenvalue weighted by Gasteiger charge is 2.14. The number of nitrogens with zero attached hydrogens (tertiary/aromatic N) is 1. The maximum absolute atomic E-state index is 12.5. The third kappa shape index (κ3) is 2.56. The van der Waals surface area contributed by atoms with Gasteiger partial charge in [-0.25, -0.2) is 4.98 Å². The number of phenolic OH excluding ortho intramolecular Hbond substituents is 1. The van der Waals surface area contributed by atoms with Gasteiger partial charge in [-0.15, -0.1) is 0 Å². The molecule has 22 heavy (non-hydrogen) atoms. The number of phenols is 1. The molecule has 0 aliphatic carbocycles. The fraction of sp³-hybridized carbons (Fsp3) is 0.0588. The Morgan fingerprint density at radius 1 is 1.14 bits per heavy atom. The summed E-state index contributed by atoms with van der Waals surface area (Å²) in [6.45, 7) is 1.82. The number of carbonyl (C=O) groups excluding carboxylic acids is 1. The number of nitrogens with two attached hydrogens (primary N) is 1. The van der Waals surface area contributed by atoms with Crippen molar-refractivity contribution >= 4 is 28.1 Å². The van der Waals surface area contributed by atoms with Gasteiger partial charge in [-0.05, 0) is 31.2 Å². The molecule has 1 aromatic heterocycles. The summed E-state index contributed by atoms with van der Waals surface area (Å²) in [7, 11) is 0. The molecule has 5 heteroatoms. The number of aromatic hydroxyl groups is 1. The number of carbonyl (C=O) groups is 1. The summed E-state index contributed by atoms with van der Waals surface area (Å²) in [5, 5.41) is 13.7. The van der Waals surface area contributed by atoms with Crippen molar-refractivity contribution in [2.24, 2.45) is 0 Å². The van der Waals surface area contributed by atoms with E-state index in [1.807, 2.05) is 19.1 Å². The van der Waals surface area contributed by atoms with Gasteiger partial charge in [0.15, 0.2) is 0 Å². The van der Waals surface area contributed by atoms with Gasteiger partial charge in [0, 0.05) is 33.9 Å². The lowest BCUT2D eigenvalue weighted by Gasteiger charge is -2.10. The molecule has 0 radical (unpaired) electrons. The summed E-state index contributed by atoms with van der Waals surface area (Å²) in [5.41, 5.74) is 8.11. The van der Waals surface area contributed by atoms with E-state index < -0.39 is 0 Å². The number of hydrogen-bond acceptors (Lipinski definition) is 4. The van der Waals surface area contributed by atoms with Crippen molar-refractivity contribution in [1.82, 2.24) is 4.98 Å². The molecule has 5 nitrogen and oxygen atoms in total. The number of pyridine rings is 1. The summed E-state index contributed by atoms with van der Waals surface area (Å²) in [6, 6.07) is 13.6. The van der Waals surface area contributed by atoms with Gasteiger partial charge < -0.3 is 16.2 Å². The molecule has 2 aromatic carbocycles. The first-order valence-electron chi connectivity index (χ1n) is 6.81. The fourth-order valence-electron chi connectivity index (χ4n) is 2.38. The van der Waals surface area contributed by atoms with Crippen LogP contribution in [-0.4, -0.2) is 16.0 Å². The van der Waals surface area contributed by atoms with Gasteiger partial charge in [0.05, 0.1) is 0 Å². The molecular weight excluding hydrogens is 278 g/mol. The Bertz CT molecular complexity index is 875. The van der Waals surface area contributed by atoms with Gasteiger partial charge in [0.2, 0.25) is 0 Å². The lowest BCUT2D eigenvalue weighted by molar-refractivity contribution is 0.102. The van der Waals surface area contributed by atoms with Crippen molar-refractivity contribution in [3.05, 3.63) is 59.9 Å². The molecule has 0 spiro atoms. The van der Waals surface area contributed by atoms with Crippen LogP contribution in [0.25, 0.3) is 10.8 Å². The molecule has 0 unspecified atom stereocenters. The van der Waals surface area contributed by atoms with E-state index in [1.165, 1.54) is 12.1 Å². The van der Waals surface area contributed by atoms with Gasteiger partial charge in [0.1, 0.15) is 11.4 Å². The molecule has 1 heterocycles. The maximum atomic E-state index is 12.5. The first-order chi connectivity index (χ1) is 10.5. The Balaban J connectivity index is 2.06. The van der Waals surface area contributed by atoms with Gasteiger partial charge in [-0.2, -0.15) is 0 Å². The first-order valence-corrected chi connectivity index (χ1v) is 6.81. The highest BCUT2D eigenvalue weighted by Crippen LogP contribution is 2.25. The average molecular weight is 293 g/mol. The van der Waals surface area contributed by atoms with E-state index in [4.69, 9.17) is 5.73 Å². The molecule has 3 rings (SSSR count). The number of benzene rings is 2.